The van der Waals surface area contributed by atoms with E-state index in [0.29, 0.717) is 38.6 Å². The van der Waals surface area contributed by atoms with Gasteiger partial charge in [0.25, 0.3) is 5.91 Å². The van der Waals surface area contributed by atoms with E-state index in [2.05, 4.69) is 15.6 Å². The quantitative estimate of drug-likeness (QED) is 0.524. The first-order chi connectivity index (χ1) is 13.9. The van der Waals surface area contributed by atoms with E-state index in [1.807, 2.05) is 0 Å². The molecule has 0 spiro atoms. The number of ether oxygens (including phenoxy) is 1. The molecule has 0 bridgehead atoms. The summed E-state index contributed by atoms with van der Waals surface area (Å²) in [5, 5.41) is 6.71. The molecule has 0 saturated carbocycles. The number of aryl methyl sites for hydroxylation is 1. The third-order valence-corrected chi connectivity index (χ3v) is 5.28. The van der Waals surface area contributed by atoms with Gasteiger partial charge >= 0.3 is 6.03 Å². The second kappa shape index (κ2) is 9.40. The van der Waals surface area contributed by atoms with Crippen LogP contribution in [0.15, 0.2) is 48.5 Å². The number of urea groups is 1. The summed E-state index contributed by atoms with van der Waals surface area (Å²) >= 11 is 7.16. The molecule has 0 aliphatic heterocycles. The number of primary amides is 1. The van der Waals surface area contributed by atoms with Crippen LogP contribution in [-0.2, 0) is 13.2 Å². The van der Waals surface area contributed by atoms with Crippen molar-refractivity contribution >= 4 is 40.6 Å². The lowest BCUT2D eigenvalue weighted by Gasteiger charge is -2.06. The highest BCUT2D eigenvalue weighted by molar-refractivity contribution is 7.13. The molecule has 3 rings (SSSR count). The predicted octanol–water partition coefficient (Wildman–Crippen LogP) is 4.10. The number of anilines is 1. The number of aromatic nitrogens is 1. The summed E-state index contributed by atoms with van der Waals surface area (Å²) in [5.41, 5.74) is 7.22. The molecule has 1 aromatic heterocycles. The molecule has 0 unspecified atom stereocenters. The summed E-state index contributed by atoms with van der Waals surface area (Å²) in [4.78, 5) is 28.3. The molecule has 0 aliphatic carbocycles. The van der Waals surface area contributed by atoms with E-state index in [4.69, 9.17) is 22.1 Å². The Labute approximate surface area is 176 Å². The van der Waals surface area contributed by atoms with Gasteiger partial charge in [0.2, 0.25) is 0 Å². The molecule has 9 heteroatoms. The number of nitrogens with zero attached hydrogens (tertiary/aromatic N) is 1. The van der Waals surface area contributed by atoms with Gasteiger partial charge in [0, 0.05) is 17.3 Å². The number of nitrogens with one attached hydrogen (secondary N) is 2. The average molecular weight is 431 g/mol. The lowest BCUT2D eigenvalue weighted by Crippen LogP contribution is -2.22. The van der Waals surface area contributed by atoms with Crippen LogP contribution in [0.25, 0.3) is 0 Å². The number of thiazole rings is 1. The van der Waals surface area contributed by atoms with Crippen LogP contribution in [0, 0.1) is 6.92 Å². The van der Waals surface area contributed by atoms with E-state index < -0.39 is 6.03 Å². The molecule has 2 aromatic carbocycles. The number of hydrogen-bond donors (Lipinski definition) is 3. The predicted molar refractivity (Wildman–Crippen MR) is 113 cm³/mol. The van der Waals surface area contributed by atoms with Crippen molar-refractivity contribution in [3.05, 3.63) is 74.7 Å². The normalized spacial score (nSPS) is 10.4. The van der Waals surface area contributed by atoms with E-state index in [1.54, 1.807) is 55.5 Å². The first kappa shape index (κ1) is 20.6. The van der Waals surface area contributed by atoms with Crippen LogP contribution in [-0.4, -0.2) is 16.9 Å². The number of hydrogen-bond acceptors (Lipinski definition) is 5. The van der Waals surface area contributed by atoms with Crippen molar-refractivity contribution in [2.45, 2.75) is 20.1 Å². The molecule has 4 N–H and O–H groups in total. The number of carbonyl (C=O) groups is 2. The SMILES string of the molecule is Cc1nc(COc2ccc(Cl)cc2)sc1C(=O)NCc1ccc(NC(N)=O)cc1. The van der Waals surface area contributed by atoms with Crippen LogP contribution in [0.4, 0.5) is 10.5 Å². The molecular weight excluding hydrogens is 412 g/mol. The Morgan fingerprint density at radius 1 is 1.14 bits per heavy atom. The Morgan fingerprint density at radius 3 is 2.48 bits per heavy atom. The van der Waals surface area contributed by atoms with Crippen molar-refractivity contribution in [1.82, 2.24) is 10.3 Å². The number of rotatable bonds is 7. The molecule has 150 valence electrons. The first-order valence-electron chi connectivity index (χ1n) is 8.69. The molecule has 1 heterocycles. The fourth-order valence-electron chi connectivity index (χ4n) is 2.51. The van der Waals surface area contributed by atoms with Crippen LogP contribution < -0.4 is 21.1 Å². The summed E-state index contributed by atoms with van der Waals surface area (Å²) in [6.07, 6.45) is 0. The maximum Gasteiger partial charge on any atom is 0.316 e. The molecule has 29 heavy (non-hydrogen) atoms. The standard InChI is InChI=1S/C20H19ClN4O3S/c1-12-18(29-17(24-12)11-28-16-8-4-14(21)5-9-16)19(26)23-10-13-2-6-15(7-3-13)25-20(22)27/h2-9H,10-11H2,1H3,(H,23,26)(H3,22,25,27). The number of halogens is 1. The number of amides is 3. The summed E-state index contributed by atoms with van der Waals surface area (Å²) in [5.74, 6) is 0.486. The van der Waals surface area contributed by atoms with Gasteiger partial charge in [-0.1, -0.05) is 23.7 Å². The zero-order chi connectivity index (χ0) is 20.8. The maximum atomic E-state index is 12.5. The van der Waals surface area contributed by atoms with E-state index in [9.17, 15) is 9.59 Å². The lowest BCUT2D eigenvalue weighted by atomic mass is 10.2. The Morgan fingerprint density at radius 2 is 1.83 bits per heavy atom. The third kappa shape index (κ3) is 5.94. The highest BCUT2D eigenvalue weighted by Crippen LogP contribution is 2.21. The van der Waals surface area contributed by atoms with Gasteiger partial charge in [-0.15, -0.1) is 11.3 Å². The smallest absolute Gasteiger partial charge is 0.316 e. The van der Waals surface area contributed by atoms with Gasteiger partial charge in [-0.3, -0.25) is 4.79 Å². The lowest BCUT2D eigenvalue weighted by molar-refractivity contribution is 0.0954. The van der Waals surface area contributed by atoms with Gasteiger partial charge in [0.1, 0.15) is 22.2 Å². The third-order valence-electron chi connectivity index (χ3n) is 3.90. The van der Waals surface area contributed by atoms with Gasteiger partial charge in [-0.2, -0.15) is 0 Å². The highest BCUT2D eigenvalue weighted by Gasteiger charge is 2.15. The number of nitrogens with two attached hydrogens (primary N) is 1. The second-order valence-electron chi connectivity index (χ2n) is 6.13. The van der Waals surface area contributed by atoms with E-state index >= 15 is 0 Å². The molecule has 0 fully saturated rings. The minimum atomic E-state index is -0.623. The fraction of sp³-hybridized carbons (Fsp3) is 0.150. The van der Waals surface area contributed by atoms with Crippen LogP contribution >= 0.6 is 22.9 Å². The molecule has 3 aromatic rings. The molecule has 3 amide bonds. The summed E-state index contributed by atoms with van der Waals surface area (Å²) in [6, 6.07) is 13.5. The first-order valence-corrected chi connectivity index (χ1v) is 9.88. The van der Waals surface area contributed by atoms with E-state index in [0.717, 1.165) is 5.56 Å². The Balaban J connectivity index is 1.55. The van der Waals surface area contributed by atoms with Crippen LogP contribution in [0.2, 0.25) is 5.02 Å². The van der Waals surface area contributed by atoms with Gasteiger partial charge in [-0.05, 0) is 48.9 Å². The fourth-order valence-corrected chi connectivity index (χ4v) is 3.53. The molecule has 0 saturated heterocycles. The summed E-state index contributed by atoms with van der Waals surface area (Å²) in [6.45, 7) is 2.42. The van der Waals surface area contributed by atoms with E-state index in [1.165, 1.54) is 11.3 Å². The van der Waals surface area contributed by atoms with E-state index in [-0.39, 0.29) is 12.5 Å². The van der Waals surface area contributed by atoms with Crippen molar-refractivity contribution < 1.29 is 14.3 Å². The summed E-state index contributed by atoms with van der Waals surface area (Å²) in [7, 11) is 0. The van der Waals surface area contributed by atoms with Crippen LogP contribution in [0.1, 0.15) is 25.9 Å². The Bertz CT molecular complexity index is 1000. The monoisotopic (exact) mass is 430 g/mol. The second-order valence-corrected chi connectivity index (χ2v) is 7.65. The average Bonchev–Trinajstić information content (AvgIpc) is 3.07. The number of benzene rings is 2. The minimum absolute atomic E-state index is 0.197. The van der Waals surface area contributed by atoms with Gasteiger partial charge in [0.15, 0.2) is 0 Å². The van der Waals surface area contributed by atoms with Crippen molar-refractivity contribution in [2.24, 2.45) is 5.73 Å². The minimum Gasteiger partial charge on any atom is -0.486 e. The Hall–Kier alpha value is -3.10. The Kier molecular flexibility index (Phi) is 6.69. The summed E-state index contributed by atoms with van der Waals surface area (Å²) < 4.78 is 5.68. The molecular formula is C20H19ClN4O3S. The number of carbonyl (C=O) groups excluding carboxylic acids is 2. The maximum absolute atomic E-state index is 12.5. The topological polar surface area (TPSA) is 106 Å². The van der Waals surface area contributed by atoms with Crippen LogP contribution in [0.3, 0.4) is 0 Å². The molecule has 7 nitrogen and oxygen atoms in total. The zero-order valence-corrected chi connectivity index (χ0v) is 17.1. The van der Waals surface area contributed by atoms with Gasteiger partial charge in [-0.25, -0.2) is 9.78 Å². The molecule has 0 radical (unpaired) electrons. The largest absolute Gasteiger partial charge is 0.486 e. The molecule has 0 aliphatic rings. The van der Waals surface area contributed by atoms with Crippen molar-refractivity contribution in [2.75, 3.05) is 5.32 Å². The van der Waals surface area contributed by atoms with Crippen molar-refractivity contribution in [3.8, 4) is 5.75 Å². The van der Waals surface area contributed by atoms with Crippen molar-refractivity contribution in [3.63, 3.8) is 0 Å². The van der Waals surface area contributed by atoms with Gasteiger partial charge in [0.05, 0.1) is 5.69 Å². The van der Waals surface area contributed by atoms with Crippen LogP contribution in [0.5, 0.6) is 5.75 Å². The molecule has 0 atom stereocenters. The zero-order valence-electron chi connectivity index (χ0n) is 15.6. The highest BCUT2D eigenvalue weighted by atomic mass is 35.5. The van der Waals surface area contributed by atoms with Crippen molar-refractivity contribution in [1.29, 1.82) is 0 Å². The van der Waals surface area contributed by atoms with Gasteiger partial charge < -0.3 is 21.1 Å².